The fourth-order valence-corrected chi connectivity index (χ4v) is 3.71. The lowest BCUT2D eigenvalue weighted by atomic mass is 10.2. The average Bonchev–Trinajstić information content (AvgIpc) is 3.19. The summed E-state index contributed by atoms with van der Waals surface area (Å²) in [5.74, 6) is 0.125. The van der Waals surface area contributed by atoms with Gasteiger partial charge in [-0.05, 0) is 42.5 Å². The van der Waals surface area contributed by atoms with Crippen LogP contribution in [-0.4, -0.2) is 31.4 Å². The molecular formula is C20H16N4O5S. The molecule has 0 saturated carbocycles. The molecule has 0 radical (unpaired) electrons. The zero-order valence-corrected chi connectivity index (χ0v) is 16.5. The molecule has 1 amide bonds. The van der Waals surface area contributed by atoms with Gasteiger partial charge in [0.25, 0.3) is 15.9 Å². The van der Waals surface area contributed by atoms with Crippen molar-refractivity contribution < 1.29 is 22.4 Å². The minimum atomic E-state index is -3.86. The Labute approximate surface area is 171 Å². The molecule has 0 bridgehead atoms. The predicted octanol–water partition coefficient (Wildman–Crippen LogP) is 3.28. The van der Waals surface area contributed by atoms with Crippen LogP contribution in [0.2, 0.25) is 0 Å². The van der Waals surface area contributed by atoms with Gasteiger partial charge in [-0.1, -0.05) is 12.1 Å². The van der Waals surface area contributed by atoms with Crippen molar-refractivity contribution >= 4 is 38.5 Å². The molecule has 4 rings (SSSR count). The van der Waals surface area contributed by atoms with Crippen LogP contribution in [0, 0.1) is 0 Å². The van der Waals surface area contributed by atoms with E-state index in [1.807, 2.05) is 0 Å². The van der Waals surface area contributed by atoms with Crippen LogP contribution < -0.4 is 14.8 Å². The van der Waals surface area contributed by atoms with Crippen LogP contribution in [0.3, 0.4) is 0 Å². The summed E-state index contributed by atoms with van der Waals surface area (Å²) >= 11 is 0. The van der Waals surface area contributed by atoms with Gasteiger partial charge in [-0.15, -0.1) is 0 Å². The number of nitrogens with zero attached hydrogens (tertiary/aromatic N) is 2. The normalized spacial score (nSPS) is 11.2. The Balaban J connectivity index is 1.50. The van der Waals surface area contributed by atoms with Crippen molar-refractivity contribution in [2.75, 3.05) is 17.1 Å². The maximum Gasteiger partial charge on any atom is 0.291 e. The topological polar surface area (TPSA) is 123 Å². The lowest BCUT2D eigenvalue weighted by Crippen LogP contribution is -2.15. The van der Waals surface area contributed by atoms with Crippen LogP contribution in [0.25, 0.3) is 11.0 Å². The van der Waals surface area contributed by atoms with Gasteiger partial charge in [-0.2, -0.15) is 0 Å². The van der Waals surface area contributed by atoms with Crippen molar-refractivity contribution in [3.63, 3.8) is 0 Å². The molecule has 2 N–H and O–H groups in total. The van der Waals surface area contributed by atoms with Crippen molar-refractivity contribution in [3.05, 3.63) is 72.8 Å². The van der Waals surface area contributed by atoms with Gasteiger partial charge in [0.05, 0.1) is 12.0 Å². The molecular weight excluding hydrogens is 408 g/mol. The van der Waals surface area contributed by atoms with Gasteiger partial charge in [0, 0.05) is 23.5 Å². The Kier molecular flexibility index (Phi) is 5.07. The van der Waals surface area contributed by atoms with Crippen molar-refractivity contribution in [1.82, 2.24) is 9.97 Å². The third kappa shape index (κ3) is 3.94. The first-order chi connectivity index (χ1) is 14.5. The van der Waals surface area contributed by atoms with Crippen molar-refractivity contribution in [1.29, 1.82) is 0 Å². The molecule has 152 valence electrons. The van der Waals surface area contributed by atoms with E-state index in [0.29, 0.717) is 17.0 Å². The summed E-state index contributed by atoms with van der Waals surface area (Å²) in [4.78, 5) is 20.2. The van der Waals surface area contributed by atoms with Crippen LogP contribution in [0.1, 0.15) is 10.6 Å². The molecule has 2 aromatic heterocycles. The number of hydrogen-bond donors (Lipinski definition) is 2. The molecule has 30 heavy (non-hydrogen) atoms. The van der Waals surface area contributed by atoms with E-state index in [-0.39, 0.29) is 16.6 Å². The van der Waals surface area contributed by atoms with Crippen LogP contribution in [-0.2, 0) is 10.0 Å². The first-order valence-corrected chi connectivity index (χ1v) is 10.2. The highest BCUT2D eigenvalue weighted by Crippen LogP contribution is 2.29. The van der Waals surface area contributed by atoms with E-state index in [1.54, 1.807) is 30.3 Å². The number of methoxy groups -OCH3 is 1. The molecule has 0 aliphatic rings. The van der Waals surface area contributed by atoms with E-state index >= 15 is 0 Å². The Morgan fingerprint density at radius 1 is 1.03 bits per heavy atom. The zero-order valence-electron chi connectivity index (χ0n) is 15.7. The number of ether oxygens (including phenoxy) is 1. The summed E-state index contributed by atoms with van der Waals surface area (Å²) in [6, 6.07) is 14.2. The molecule has 2 heterocycles. The predicted molar refractivity (Wildman–Crippen MR) is 110 cm³/mol. The number of anilines is 2. The second kappa shape index (κ2) is 7.84. The number of carbonyl (C=O) groups excluding carboxylic acids is 1. The second-order valence-electron chi connectivity index (χ2n) is 6.15. The molecule has 0 fully saturated rings. The highest BCUT2D eigenvalue weighted by atomic mass is 32.2. The van der Waals surface area contributed by atoms with E-state index < -0.39 is 15.9 Å². The first kappa shape index (κ1) is 19.4. The third-order valence-electron chi connectivity index (χ3n) is 4.17. The molecule has 2 aromatic carbocycles. The second-order valence-corrected chi connectivity index (χ2v) is 7.83. The third-order valence-corrected chi connectivity index (χ3v) is 5.51. The fourth-order valence-electron chi connectivity index (χ4n) is 2.75. The van der Waals surface area contributed by atoms with E-state index in [4.69, 9.17) is 9.15 Å². The van der Waals surface area contributed by atoms with Crippen molar-refractivity contribution in [2.24, 2.45) is 0 Å². The van der Waals surface area contributed by atoms with E-state index in [9.17, 15) is 13.2 Å². The van der Waals surface area contributed by atoms with Gasteiger partial charge in [-0.25, -0.2) is 23.1 Å². The number of benzene rings is 2. The Morgan fingerprint density at radius 2 is 1.77 bits per heavy atom. The number of rotatable bonds is 6. The number of hydrogen-bond acceptors (Lipinski definition) is 7. The largest absolute Gasteiger partial charge is 0.493 e. The number of furan rings is 1. The molecule has 0 aliphatic heterocycles. The molecule has 0 unspecified atom stereocenters. The van der Waals surface area contributed by atoms with E-state index in [0.717, 1.165) is 5.39 Å². The summed E-state index contributed by atoms with van der Waals surface area (Å²) in [6.07, 6.45) is 2.86. The summed E-state index contributed by atoms with van der Waals surface area (Å²) in [5, 5.41) is 3.40. The fraction of sp³-hybridized carbons (Fsp3) is 0.0500. The molecule has 0 atom stereocenters. The van der Waals surface area contributed by atoms with Gasteiger partial charge in [-0.3, -0.25) is 4.79 Å². The molecule has 0 spiro atoms. The molecule has 0 saturated heterocycles. The number of para-hydroxylation sites is 1. The minimum Gasteiger partial charge on any atom is -0.493 e. The van der Waals surface area contributed by atoms with Crippen LogP contribution >= 0.6 is 0 Å². The van der Waals surface area contributed by atoms with Gasteiger partial charge >= 0.3 is 0 Å². The minimum absolute atomic E-state index is 0.00132. The monoisotopic (exact) mass is 424 g/mol. The van der Waals surface area contributed by atoms with Gasteiger partial charge in [0.1, 0.15) is 0 Å². The summed E-state index contributed by atoms with van der Waals surface area (Å²) in [5.41, 5.74) is 0.878. The van der Waals surface area contributed by atoms with Crippen molar-refractivity contribution in [2.45, 2.75) is 4.90 Å². The number of sulfonamides is 1. The molecule has 10 heteroatoms. The van der Waals surface area contributed by atoms with Gasteiger partial charge in [0.15, 0.2) is 17.1 Å². The standard InChI is InChI=1S/C20H16N4O5S/c1-28-16-5-2-4-13-12-17(29-18(13)16)19(25)23-14-6-8-15(9-7-14)30(26,27)24-20-21-10-3-11-22-20/h2-12H,1H3,(H,23,25)(H,21,22,24). The van der Waals surface area contributed by atoms with E-state index in [2.05, 4.69) is 20.0 Å². The van der Waals surface area contributed by atoms with Gasteiger partial charge < -0.3 is 14.5 Å². The smallest absolute Gasteiger partial charge is 0.291 e. The Morgan fingerprint density at radius 3 is 2.47 bits per heavy atom. The zero-order chi connectivity index (χ0) is 21.1. The quantitative estimate of drug-likeness (QED) is 0.487. The van der Waals surface area contributed by atoms with Crippen LogP contribution in [0.4, 0.5) is 11.6 Å². The number of amides is 1. The number of aromatic nitrogens is 2. The lowest BCUT2D eigenvalue weighted by molar-refractivity contribution is 0.0998. The maximum absolute atomic E-state index is 12.5. The lowest BCUT2D eigenvalue weighted by Gasteiger charge is -2.08. The maximum atomic E-state index is 12.5. The average molecular weight is 424 g/mol. The molecule has 0 aliphatic carbocycles. The number of nitrogens with one attached hydrogen (secondary N) is 2. The number of carbonyl (C=O) groups is 1. The summed E-state index contributed by atoms with van der Waals surface area (Å²) in [7, 11) is -2.34. The van der Waals surface area contributed by atoms with Crippen LogP contribution in [0.5, 0.6) is 5.75 Å². The molecule has 4 aromatic rings. The Bertz CT molecular complexity index is 1300. The number of fused-ring (bicyclic) bond motifs is 1. The van der Waals surface area contributed by atoms with Gasteiger partial charge in [0.2, 0.25) is 5.95 Å². The Hall–Kier alpha value is -3.92. The summed E-state index contributed by atoms with van der Waals surface area (Å²) in [6.45, 7) is 0. The molecule has 9 nitrogen and oxygen atoms in total. The van der Waals surface area contributed by atoms with Crippen LogP contribution in [0.15, 0.2) is 76.3 Å². The first-order valence-electron chi connectivity index (χ1n) is 8.74. The highest BCUT2D eigenvalue weighted by molar-refractivity contribution is 7.92. The van der Waals surface area contributed by atoms with Crippen molar-refractivity contribution in [3.8, 4) is 5.75 Å². The SMILES string of the molecule is COc1cccc2cc(C(=O)Nc3ccc(S(=O)(=O)Nc4ncccn4)cc3)oc12. The van der Waals surface area contributed by atoms with E-state index in [1.165, 1.54) is 43.8 Å². The summed E-state index contributed by atoms with van der Waals surface area (Å²) < 4.78 is 37.9. The highest BCUT2D eigenvalue weighted by Gasteiger charge is 2.17.